The first-order chi connectivity index (χ1) is 24.9. The van der Waals surface area contributed by atoms with E-state index in [0.717, 1.165) is 12.0 Å². The molecule has 11 nitrogen and oxygen atoms in total. The van der Waals surface area contributed by atoms with Crippen molar-refractivity contribution >= 4 is 47.7 Å². The fourth-order valence-electron chi connectivity index (χ4n) is 6.79. The second kappa shape index (κ2) is 19.6. The van der Waals surface area contributed by atoms with Gasteiger partial charge in [-0.15, -0.1) is 0 Å². The SMILES string of the molecule is C=C1OC(C(C)OC)CC(C(C)C2OC2(C)C(CCC(=O)N(C)c2cc(C/C(C)=C/CC)cc(OC)c2Cl)OC(=O)C(C)N(C)C(=O)CCC(C)S)O1. The van der Waals surface area contributed by atoms with Gasteiger partial charge >= 0.3 is 5.97 Å². The number of hydrogen-bond acceptors (Lipinski definition) is 10. The molecule has 298 valence electrons. The molecule has 0 N–H and O–H groups in total. The van der Waals surface area contributed by atoms with Gasteiger partial charge in [0.25, 0.3) is 5.95 Å². The minimum absolute atomic E-state index is 0.0210. The first kappa shape index (κ1) is 44.5. The van der Waals surface area contributed by atoms with Crippen LogP contribution in [0, 0.1) is 5.92 Å². The predicted octanol–water partition coefficient (Wildman–Crippen LogP) is 7.32. The number of epoxide rings is 1. The highest BCUT2D eigenvalue weighted by molar-refractivity contribution is 7.80. The number of hydrogen-bond donors (Lipinski definition) is 1. The van der Waals surface area contributed by atoms with Crippen molar-refractivity contribution in [3.05, 3.63) is 46.9 Å². The van der Waals surface area contributed by atoms with E-state index < -0.39 is 23.7 Å². The highest BCUT2D eigenvalue weighted by Crippen LogP contribution is 2.49. The molecular formula is C40H61ClN2O9S. The Hall–Kier alpha value is -2.93. The van der Waals surface area contributed by atoms with Crippen molar-refractivity contribution in [3.63, 3.8) is 0 Å². The summed E-state index contributed by atoms with van der Waals surface area (Å²) in [7, 11) is 6.43. The highest BCUT2D eigenvalue weighted by Gasteiger charge is 2.63. The maximum atomic E-state index is 13.9. The van der Waals surface area contributed by atoms with Gasteiger partial charge in [0.1, 0.15) is 40.7 Å². The van der Waals surface area contributed by atoms with E-state index in [1.54, 1.807) is 35.2 Å². The van der Waals surface area contributed by atoms with E-state index in [1.807, 2.05) is 39.8 Å². The van der Waals surface area contributed by atoms with Crippen LogP contribution in [-0.2, 0) is 44.5 Å². The maximum absolute atomic E-state index is 13.9. The fourth-order valence-corrected chi connectivity index (χ4v) is 7.23. The van der Waals surface area contributed by atoms with Gasteiger partial charge in [-0.05, 0) is 82.9 Å². The first-order valence-corrected chi connectivity index (χ1v) is 19.4. The molecule has 0 aliphatic carbocycles. The van der Waals surface area contributed by atoms with Crippen LogP contribution in [0.5, 0.6) is 5.75 Å². The Kier molecular flexibility index (Phi) is 16.4. The van der Waals surface area contributed by atoms with E-state index in [-0.39, 0.29) is 72.6 Å². The van der Waals surface area contributed by atoms with Crippen LogP contribution in [0.1, 0.15) is 92.6 Å². The number of ether oxygens (including phenoxy) is 6. The van der Waals surface area contributed by atoms with Crippen molar-refractivity contribution in [2.45, 2.75) is 141 Å². The van der Waals surface area contributed by atoms with E-state index in [9.17, 15) is 14.4 Å². The topological polar surface area (TPSA) is 116 Å². The Morgan fingerprint density at radius 1 is 1.08 bits per heavy atom. The Balaban J connectivity index is 1.85. The van der Waals surface area contributed by atoms with Crippen LogP contribution in [0.2, 0.25) is 5.02 Å². The number of benzene rings is 1. The van der Waals surface area contributed by atoms with Gasteiger partial charge < -0.3 is 38.2 Å². The third-order valence-electron chi connectivity index (χ3n) is 10.6. The Morgan fingerprint density at radius 3 is 2.32 bits per heavy atom. The lowest BCUT2D eigenvalue weighted by molar-refractivity contribution is -0.161. The van der Waals surface area contributed by atoms with Gasteiger partial charge in [-0.2, -0.15) is 12.6 Å². The smallest absolute Gasteiger partial charge is 0.328 e. The number of thiol groups is 1. The lowest BCUT2D eigenvalue weighted by Gasteiger charge is -2.37. The minimum Gasteiger partial charge on any atom is -0.495 e. The molecule has 1 aromatic rings. The van der Waals surface area contributed by atoms with Crippen LogP contribution in [0.3, 0.4) is 0 Å². The van der Waals surface area contributed by atoms with Crippen molar-refractivity contribution in [2.75, 3.05) is 33.2 Å². The molecule has 13 heteroatoms. The largest absolute Gasteiger partial charge is 0.495 e. The third-order valence-corrected chi connectivity index (χ3v) is 11.2. The average Bonchev–Trinajstić information content (AvgIpc) is 3.82. The number of carbonyl (C=O) groups is 3. The van der Waals surface area contributed by atoms with Gasteiger partial charge in [0.15, 0.2) is 0 Å². The quantitative estimate of drug-likeness (QED) is 0.0668. The molecule has 2 aliphatic rings. The molecular weight excluding hydrogens is 720 g/mol. The zero-order valence-corrected chi connectivity index (χ0v) is 35.1. The van der Waals surface area contributed by atoms with Crippen molar-refractivity contribution in [2.24, 2.45) is 5.92 Å². The molecule has 2 aliphatic heterocycles. The third kappa shape index (κ3) is 11.5. The summed E-state index contributed by atoms with van der Waals surface area (Å²) in [5.74, 6) is -0.475. The number of amides is 2. The molecule has 2 heterocycles. The Labute approximate surface area is 327 Å². The number of esters is 1. The number of allylic oxidation sites excluding steroid dienone is 2. The molecule has 9 atom stereocenters. The van der Waals surface area contributed by atoms with Gasteiger partial charge in [-0.3, -0.25) is 9.59 Å². The van der Waals surface area contributed by atoms with Crippen LogP contribution in [-0.4, -0.2) is 98.4 Å². The molecule has 0 spiro atoms. The van der Waals surface area contributed by atoms with Crippen LogP contribution >= 0.6 is 24.2 Å². The summed E-state index contributed by atoms with van der Waals surface area (Å²) >= 11 is 11.1. The van der Waals surface area contributed by atoms with Crippen LogP contribution in [0.25, 0.3) is 0 Å². The molecule has 0 saturated carbocycles. The standard InChI is InChI=1S/C40H61ClN2O9S/c1-13-14-23(2)19-29-20-30(37(41)33(21-29)48-12)43(10)36(45)18-16-34(51-39(46)26(5)42(9)35(44)17-15-24(3)53)40(8)38(52-40)25(4)31-22-32(27(6)47-11)50-28(7)49-31/h14,20-21,24-27,31-32,34,38,53H,7,13,15-19,22H2,1-6,8-12H3/b23-14+. The van der Waals surface area contributed by atoms with E-state index in [0.29, 0.717) is 35.7 Å². The van der Waals surface area contributed by atoms with E-state index in [4.69, 9.17) is 40.0 Å². The predicted molar refractivity (Wildman–Crippen MR) is 211 cm³/mol. The molecule has 0 aromatic heterocycles. The highest BCUT2D eigenvalue weighted by atomic mass is 35.5. The summed E-state index contributed by atoms with van der Waals surface area (Å²) in [4.78, 5) is 43.4. The molecule has 2 saturated heterocycles. The second-order valence-electron chi connectivity index (χ2n) is 14.7. The molecule has 53 heavy (non-hydrogen) atoms. The summed E-state index contributed by atoms with van der Waals surface area (Å²) < 4.78 is 35.5. The van der Waals surface area contributed by atoms with Crippen molar-refractivity contribution in [3.8, 4) is 5.75 Å². The van der Waals surface area contributed by atoms with Gasteiger partial charge in [0, 0.05) is 46.4 Å². The fraction of sp³-hybridized carbons (Fsp3) is 0.675. The zero-order chi connectivity index (χ0) is 39.8. The monoisotopic (exact) mass is 780 g/mol. The van der Waals surface area contributed by atoms with Gasteiger partial charge in [0.2, 0.25) is 11.8 Å². The molecule has 2 fully saturated rings. The molecule has 9 unspecified atom stereocenters. The van der Waals surface area contributed by atoms with Crippen LogP contribution < -0.4 is 9.64 Å². The van der Waals surface area contributed by atoms with E-state index >= 15 is 0 Å². The number of carbonyl (C=O) groups excluding carboxylic acids is 3. The summed E-state index contributed by atoms with van der Waals surface area (Å²) in [5, 5.41) is 0.373. The number of methoxy groups -OCH3 is 2. The van der Waals surface area contributed by atoms with Crippen molar-refractivity contribution in [1.82, 2.24) is 4.90 Å². The van der Waals surface area contributed by atoms with Crippen LogP contribution in [0.15, 0.2) is 36.3 Å². The number of nitrogens with zero attached hydrogens (tertiary/aromatic N) is 2. The molecule has 1 aromatic carbocycles. The second-order valence-corrected chi connectivity index (χ2v) is 16.0. The molecule has 0 radical (unpaired) electrons. The Morgan fingerprint density at radius 2 is 1.72 bits per heavy atom. The molecule has 3 rings (SSSR count). The zero-order valence-electron chi connectivity index (χ0n) is 33.4. The maximum Gasteiger partial charge on any atom is 0.328 e. The summed E-state index contributed by atoms with van der Waals surface area (Å²) in [6.07, 6.45) is 3.39. The normalized spacial score (nSPS) is 24.1. The average molecular weight is 781 g/mol. The van der Waals surface area contributed by atoms with Crippen LogP contribution in [0.4, 0.5) is 5.69 Å². The van der Waals surface area contributed by atoms with E-state index in [1.165, 1.54) is 15.4 Å². The number of likely N-dealkylation sites (N-methyl/N-ethyl adjacent to an activating group) is 1. The number of anilines is 1. The molecule has 0 bridgehead atoms. The van der Waals surface area contributed by atoms with Gasteiger partial charge in [0.05, 0.1) is 25.0 Å². The summed E-state index contributed by atoms with van der Waals surface area (Å²) in [5.41, 5.74) is 1.74. The van der Waals surface area contributed by atoms with Crippen molar-refractivity contribution in [1.29, 1.82) is 0 Å². The minimum atomic E-state index is -0.938. The lowest BCUT2D eigenvalue weighted by atomic mass is 9.85. The van der Waals surface area contributed by atoms with Crippen molar-refractivity contribution < 1.29 is 42.8 Å². The number of rotatable bonds is 19. The van der Waals surface area contributed by atoms with Gasteiger partial charge in [-0.1, -0.05) is 44.0 Å². The van der Waals surface area contributed by atoms with Gasteiger partial charge in [-0.25, -0.2) is 4.79 Å². The summed E-state index contributed by atoms with van der Waals surface area (Å²) in [6, 6.07) is 2.92. The summed E-state index contributed by atoms with van der Waals surface area (Å²) in [6.45, 7) is 17.4. The number of halogens is 1. The lowest BCUT2D eigenvalue weighted by Crippen LogP contribution is -2.46. The molecule has 2 amide bonds. The first-order valence-electron chi connectivity index (χ1n) is 18.5. The van der Waals surface area contributed by atoms with E-state index in [2.05, 4.69) is 39.1 Å². The Bertz CT molecular complexity index is 1490.